The quantitative estimate of drug-likeness (QED) is 0.915. The van der Waals surface area contributed by atoms with Gasteiger partial charge in [-0.25, -0.2) is 4.39 Å². The molecule has 0 spiro atoms. The zero-order valence-electron chi connectivity index (χ0n) is 11.9. The molecular weight excluding hydrogens is 259 g/mol. The summed E-state index contributed by atoms with van der Waals surface area (Å²) in [4.78, 5) is 0. The second kappa shape index (κ2) is 6.05. The minimum absolute atomic E-state index is 0.282. The molecule has 1 aromatic heterocycles. The molecule has 0 amide bonds. The Labute approximate surface area is 117 Å². The highest BCUT2D eigenvalue weighted by molar-refractivity contribution is 5.36. The van der Waals surface area contributed by atoms with Gasteiger partial charge < -0.3 is 9.84 Å². The van der Waals surface area contributed by atoms with Crippen LogP contribution in [0.1, 0.15) is 36.3 Å². The Morgan fingerprint density at radius 2 is 2.20 bits per heavy atom. The Hall–Kier alpha value is -1.88. The second-order valence-electron chi connectivity index (χ2n) is 4.73. The Kier molecular flexibility index (Phi) is 4.39. The number of aromatic nitrogens is 2. The summed E-state index contributed by atoms with van der Waals surface area (Å²) in [6.45, 7) is 4.40. The summed E-state index contributed by atoms with van der Waals surface area (Å²) >= 11 is 0. The zero-order valence-corrected chi connectivity index (χ0v) is 11.9. The minimum Gasteiger partial charge on any atom is -0.493 e. The predicted octanol–water partition coefficient (Wildman–Crippen LogP) is 2.83. The van der Waals surface area contributed by atoms with Crippen LogP contribution < -0.4 is 4.74 Å². The topological polar surface area (TPSA) is 47.3 Å². The van der Waals surface area contributed by atoms with Crippen molar-refractivity contribution in [2.75, 3.05) is 7.11 Å². The molecule has 5 heteroatoms. The summed E-state index contributed by atoms with van der Waals surface area (Å²) in [6, 6.07) is 4.58. The molecule has 2 rings (SSSR count). The molecule has 1 aromatic carbocycles. The van der Waals surface area contributed by atoms with Crippen LogP contribution in [0.25, 0.3) is 0 Å². The first-order valence-corrected chi connectivity index (χ1v) is 6.62. The molecule has 0 saturated heterocycles. The number of ether oxygens (including phenoxy) is 1. The van der Waals surface area contributed by atoms with E-state index < -0.39 is 6.10 Å². The molecule has 0 bridgehead atoms. The third-order valence-corrected chi connectivity index (χ3v) is 3.26. The summed E-state index contributed by atoms with van der Waals surface area (Å²) in [5.74, 6) is 0.253. The van der Waals surface area contributed by atoms with Gasteiger partial charge in [0.25, 0.3) is 0 Å². The van der Waals surface area contributed by atoms with Gasteiger partial charge in [-0.2, -0.15) is 5.10 Å². The van der Waals surface area contributed by atoms with E-state index in [-0.39, 0.29) is 5.82 Å². The lowest BCUT2D eigenvalue weighted by atomic mass is 10.0. The first kappa shape index (κ1) is 14.5. The average molecular weight is 278 g/mol. The van der Waals surface area contributed by atoms with E-state index >= 15 is 0 Å². The summed E-state index contributed by atoms with van der Waals surface area (Å²) in [7, 11) is 1.54. The maximum Gasteiger partial charge on any atom is 0.163 e. The largest absolute Gasteiger partial charge is 0.493 e. The van der Waals surface area contributed by atoms with Crippen molar-refractivity contribution in [2.45, 2.75) is 32.9 Å². The highest BCUT2D eigenvalue weighted by Crippen LogP contribution is 2.30. The van der Waals surface area contributed by atoms with Crippen molar-refractivity contribution in [1.29, 1.82) is 0 Å². The molecule has 0 aliphatic carbocycles. The van der Waals surface area contributed by atoms with Gasteiger partial charge in [0.2, 0.25) is 0 Å². The number of rotatable bonds is 5. The van der Waals surface area contributed by atoms with Crippen LogP contribution in [0.4, 0.5) is 4.39 Å². The fraction of sp³-hybridized carbons (Fsp3) is 0.400. The summed E-state index contributed by atoms with van der Waals surface area (Å²) in [6.07, 6.45) is 1.59. The van der Waals surface area contributed by atoms with Crippen molar-refractivity contribution < 1.29 is 14.2 Å². The van der Waals surface area contributed by atoms with E-state index in [4.69, 9.17) is 4.74 Å². The van der Waals surface area contributed by atoms with Gasteiger partial charge in [-0.05, 0) is 30.5 Å². The maximum atomic E-state index is 13.3. The Morgan fingerprint density at radius 3 is 2.80 bits per heavy atom. The third kappa shape index (κ3) is 2.67. The van der Waals surface area contributed by atoms with E-state index in [0.29, 0.717) is 29.1 Å². The standard InChI is InChI=1S/C15H19FN2O2/c1-4-7-18-14(13(20-3)9-17-18)15(19)11-5-6-12(16)10(2)8-11/h5-6,8-9,15,19H,4,7H2,1-3H3. The third-order valence-electron chi connectivity index (χ3n) is 3.26. The van der Waals surface area contributed by atoms with Crippen molar-refractivity contribution in [3.05, 3.63) is 47.0 Å². The van der Waals surface area contributed by atoms with Crippen LogP contribution in [0, 0.1) is 12.7 Å². The molecule has 20 heavy (non-hydrogen) atoms. The molecule has 1 atom stereocenters. The van der Waals surface area contributed by atoms with Crippen LogP contribution in [0.15, 0.2) is 24.4 Å². The molecule has 0 saturated carbocycles. The Morgan fingerprint density at radius 1 is 1.45 bits per heavy atom. The van der Waals surface area contributed by atoms with E-state index in [2.05, 4.69) is 5.10 Å². The van der Waals surface area contributed by atoms with Crippen molar-refractivity contribution in [3.63, 3.8) is 0 Å². The molecular formula is C15H19FN2O2. The summed E-state index contributed by atoms with van der Waals surface area (Å²) in [5.41, 5.74) is 1.72. The van der Waals surface area contributed by atoms with E-state index in [0.717, 1.165) is 6.42 Å². The van der Waals surface area contributed by atoms with Gasteiger partial charge in [-0.15, -0.1) is 0 Å². The summed E-state index contributed by atoms with van der Waals surface area (Å²) < 4.78 is 20.3. The maximum absolute atomic E-state index is 13.3. The van der Waals surface area contributed by atoms with Crippen LogP contribution in [-0.4, -0.2) is 22.0 Å². The number of aliphatic hydroxyl groups excluding tert-OH is 1. The summed E-state index contributed by atoms with van der Waals surface area (Å²) in [5, 5.41) is 14.8. The van der Waals surface area contributed by atoms with Crippen molar-refractivity contribution >= 4 is 0 Å². The number of aliphatic hydroxyl groups is 1. The van der Waals surface area contributed by atoms with Crippen LogP contribution in [-0.2, 0) is 6.54 Å². The molecule has 0 radical (unpaired) electrons. The number of benzene rings is 1. The molecule has 1 unspecified atom stereocenters. The van der Waals surface area contributed by atoms with E-state index in [1.165, 1.54) is 6.07 Å². The van der Waals surface area contributed by atoms with Crippen LogP contribution >= 0.6 is 0 Å². The van der Waals surface area contributed by atoms with Gasteiger partial charge in [0.15, 0.2) is 5.75 Å². The number of aryl methyl sites for hydroxylation is 2. The van der Waals surface area contributed by atoms with Crippen molar-refractivity contribution in [3.8, 4) is 5.75 Å². The number of nitrogens with zero attached hydrogens (tertiary/aromatic N) is 2. The molecule has 4 nitrogen and oxygen atoms in total. The first-order chi connectivity index (χ1) is 9.58. The molecule has 0 aliphatic rings. The highest BCUT2D eigenvalue weighted by atomic mass is 19.1. The van der Waals surface area contributed by atoms with E-state index in [1.54, 1.807) is 37.0 Å². The van der Waals surface area contributed by atoms with Crippen LogP contribution in [0.3, 0.4) is 0 Å². The average Bonchev–Trinajstić information content (AvgIpc) is 2.84. The van der Waals surface area contributed by atoms with Gasteiger partial charge in [-0.1, -0.05) is 19.1 Å². The lowest BCUT2D eigenvalue weighted by Gasteiger charge is -2.15. The van der Waals surface area contributed by atoms with Gasteiger partial charge >= 0.3 is 0 Å². The van der Waals surface area contributed by atoms with E-state index in [9.17, 15) is 9.50 Å². The first-order valence-electron chi connectivity index (χ1n) is 6.62. The SMILES string of the molecule is CCCn1ncc(OC)c1C(O)c1ccc(F)c(C)c1. The second-order valence-corrected chi connectivity index (χ2v) is 4.73. The number of hydrogen-bond acceptors (Lipinski definition) is 3. The zero-order chi connectivity index (χ0) is 14.7. The van der Waals surface area contributed by atoms with Gasteiger partial charge in [0.05, 0.1) is 13.3 Å². The van der Waals surface area contributed by atoms with Crippen molar-refractivity contribution in [2.24, 2.45) is 0 Å². The number of hydrogen-bond donors (Lipinski definition) is 1. The predicted molar refractivity (Wildman–Crippen MR) is 74.3 cm³/mol. The van der Waals surface area contributed by atoms with Gasteiger partial charge in [0.1, 0.15) is 17.6 Å². The smallest absolute Gasteiger partial charge is 0.163 e. The van der Waals surface area contributed by atoms with Crippen LogP contribution in [0.5, 0.6) is 5.75 Å². The Balaban J connectivity index is 2.43. The normalized spacial score (nSPS) is 12.4. The minimum atomic E-state index is -0.890. The van der Waals surface area contributed by atoms with Crippen molar-refractivity contribution in [1.82, 2.24) is 9.78 Å². The molecule has 0 aliphatic heterocycles. The fourth-order valence-electron chi connectivity index (χ4n) is 2.20. The highest BCUT2D eigenvalue weighted by Gasteiger charge is 2.21. The van der Waals surface area contributed by atoms with Crippen LogP contribution in [0.2, 0.25) is 0 Å². The molecule has 108 valence electrons. The fourth-order valence-corrected chi connectivity index (χ4v) is 2.20. The lowest BCUT2D eigenvalue weighted by molar-refractivity contribution is 0.201. The van der Waals surface area contributed by atoms with E-state index in [1.807, 2.05) is 6.92 Å². The molecule has 1 N–H and O–H groups in total. The molecule has 2 aromatic rings. The Bertz CT molecular complexity index is 596. The van der Waals surface area contributed by atoms with Gasteiger partial charge in [0, 0.05) is 6.54 Å². The number of methoxy groups -OCH3 is 1. The van der Waals surface area contributed by atoms with Gasteiger partial charge in [-0.3, -0.25) is 4.68 Å². The lowest BCUT2D eigenvalue weighted by Crippen LogP contribution is -2.11. The number of halogens is 1. The molecule has 1 heterocycles. The molecule has 0 fully saturated rings. The monoisotopic (exact) mass is 278 g/mol.